The summed E-state index contributed by atoms with van der Waals surface area (Å²) in [6, 6.07) is 2.51. The molecule has 1 aromatic heterocycles. The van der Waals surface area contributed by atoms with Crippen molar-refractivity contribution in [3.8, 4) is 5.88 Å². The van der Waals surface area contributed by atoms with Crippen LogP contribution in [0.1, 0.15) is 11.6 Å². The average Bonchev–Trinajstić information content (AvgIpc) is 2.34. The van der Waals surface area contributed by atoms with Gasteiger partial charge in [-0.05, 0) is 11.6 Å². The van der Waals surface area contributed by atoms with Crippen molar-refractivity contribution in [2.45, 2.75) is 6.04 Å². The van der Waals surface area contributed by atoms with Crippen LogP contribution in [0.5, 0.6) is 5.88 Å². The van der Waals surface area contributed by atoms with Crippen molar-refractivity contribution in [2.75, 3.05) is 27.4 Å². The van der Waals surface area contributed by atoms with E-state index in [1.807, 2.05) is 0 Å². The van der Waals surface area contributed by atoms with Gasteiger partial charge in [-0.2, -0.15) is 0 Å². The van der Waals surface area contributed by atoms with Crippen LogP contribution in [0.3, 0.4) is 0 Å². The highest BCUT2D eigenvalue weighted by molar-refractivity contribution is 5.75. The fourth-order valence-electron chi connectivity index (χ4n) is 1.34. The summed E-state index contributed by atoms with van der Waals surface area (Å²) < 4.78 is 9.76. The molecule has 0 amide bonds. The molecule has 0 aromatic carbocycles. The zero-order chi connectivity index (χ0) is 12.7. The summed E-state index contributed by atoms with van der Waals surface area (Å²) in [5.74, 6) is -0.497. The molecule has 0 aliphatic carbocycles. The number of nitrogens with one attached hydrogen (secondary N) is 1. The van der Waals surface area contributed by atoms with Crippen LogP contribution in [0, 0.1) is 0 Å². The molecule has 6 heteroatoms. The summed E-state index contributed by atoms with van der Waals surface area (Å²) in [6.07, 6.45) is 1.48. The highest BCUT2D eigenvalue weighted by Crippen LogP contribution is 2.14. The minimum Gasteiger partial charge on any atom is -0.481 e. The Kier molecular flexibility index (Phi) is 5.38. The molecule has 1 unspecified atom stereocenters. The van der Waals surface area contributed by atoms with Gasteiger partial charge in [-0.1, -0.05) is 0 Å². The number of rotatable bonds is 7. The molecule has 1 aromatic rings. The number of carboxylic acid groups (broad SMARTS) is 1. The van der Waals surface area contributed by atoms with E-state index < -0.39 is 12.0 Å². The van der Waals surface area contributed by atoms with Crippen molar-refractivity contribution in [3.05, 3.63) is 23.9 Å². The zero-order valence-electron chi connectivity index (χ0n) is 9.84. The third kappa shape index (κ3) is 4.01. The summed E-state index contributed by atoms with van der Waals surface area (Å²) in [5, 5.41) is 12.0. The van der Waals surface area contributed by atoms with Gasteiger partial charge in [0.15, 0.2) is 0 Å². The molecule has 0 bridgehead atoms. The first kappa shape index (κ1) is 13.4. The molecule has 1 heterocycles. The lowest BCUT2D eigenvalue weighted by atomic mass is 10.1. The number of pyridine rings is 1. The highest BCUT2D eigenvalue weighted by atomic mass is 16.5. The third-order valence-corrected chi connectivity index (χ3v) is 2.20. The number of nitrogens with zero attached hydrogens (tertiary/aromatic N) is 1. The zero-order valence-corrected chi connectivity index (χ0v) is 9.84. The number of aromatic nitrogens is 1. The van der Waals surface area contributed by atoms with E-state index >= 15 is 0 Å². The number of ether oxygens (including phenoxy) is 2. The maximum absolute atomic E-state index is 11.1. The van der Waals surface area contributed by atoms with Gasteiger partial charge >= 0.3 is 5.97 Å². The number of methoxy groups -OCH3 is 2. The Labute approximate surface area is 99.6 Å². The van der Waals surface area contributed by atoms with Crippen molar-refractivity contribution >= 4 is 5.97 Å². The number of carbonyl (C=O) groups is 1. The second-order valence-corrected chi connectivity index (χ2v) is 3.35. The largest absolute Gasteiger partial charge is 0.481 e. The van der Waals surface area contributed by atoms with Crippen LogP contribution in [-0.4, -0.2) is 43.4 Å². The fourth-order valence-corrected chi connectivity index (χ4v) is 1.34. The lowest BCUT2D eigenvalue weighted by Gasteiger charge is -2.14. The van der Waals surface area contributed by atoms with Crippen LogP contribution in [0.15, 0.2) is 18.3 Å². The normalized spacial score (nSPS) is 12.1. The summed E-state index contributed by atoms with van der Waals surface area (Å²) in [4.78, 5) is 15.1. The number of hydrogen-bond donors (Lipinski definition) is 2. The topological polar surface area (TPSA) is 80.7 Å². The summed E-state index contributed by atoms with van der Waals surface area (Å²) in [5.41, 5.74) is 0.578. The Hall–Kier alpha value is -1.66. The van der Waals surface area contributed by atoms with Crippen LogP contribution in [-0.2, 0) is 9.53 Å². The summed E-state index contributed by atoms with van der Waals surface area (Å²) in [7, 11) is 3.07. The molecule has 0 aliphatic heterocycles. The number of carboxylic acids is 1. The SMILES string of the molecule is COCCNC(C(=O)O)c1ccc(OC)nc1. The molecule has 0 fully saturated rings. The molecular weight excluding hydrogens is 224 g/mol. The van der Waals surface area contributed by atoms with E-state index in [-0.39, 0.29) is 0 Å². The Morgan fingerprint density at radius 1 is 1.53 bits per heavy atom. The van der Waals surface area contributed by atoms with Crippen molar-refractivity contribution in [3.63, 3.8) is 0 Å². The van der Waals surface area contributed by atoms with E-state index in [0.717, 1.165) is 0 Å². The second kappa shape index (κ2) is 6.82. The van der Waals surface area contributed by atoms with Gasteiger partial charge in [0.25, 0.3) is 0 Å². The van der Waals surface area contributed by atoms with Gasteiger partial charge in [0.05, 0.1) is 13.7 Å². The molecule has 0 aliphatic rings. The van der Waals surface area contributed by atoms with Crippen molar-refractivity contribution in [2.24, 2.45) is 0 Å². The smallest absolute Gasteiger partial charge is 0.325 e. The number of aliphatic carboxylic acids is 1. The van der Waals surface area contributed by atoms with Crippen LogP contribution in [0.25, 0.3) is 0 Å². The minimum atomic E-state index is -0.951. The fraction of sp³-hybridized carbons (Fsp3) is 0.455. The molecule has 2 N–H and O–H groups in total. The van der Waals surface area contributed by atoms with Crippen LogP contribution >= 0.6 is 0 Å². The van der Waals surface area contributed by atoms with Crippen molar-refractivity contribution in [1.29, 1.82) is 0 Å². The first-order chi connectivity index (χ1) is 8.19. The van der Waals surface area contributed by atoms with Gasteiger partial charge in [0.2, 0.25) is 5.88 Å². The Morgan fingerprint density at radius 2 is 2.29 bits per heavy atom. The highest BCUT2D eigenvalue weighted by Gasteiger charge is 2.19. The van der Waals surface area contributed by atoms with Crippen molar-refractivity contribution < 1.29 is 19.4 Å². The first-order valence-electron chi connectivity index (χ1n) is 5.14. The van der Waals surface area contributed by atoms with Crippen LogP contribution < -0.4 is 10.1 Å². The quantitative estimate of drug-likeness (QED) is 0.674. The first-order valence-corrected chi connectivity index (χ1v) is 5.14. The monoisotopic (exact) mass is 240 g/mol. The molecule has 94 valence electrons. The molecule has 0 spiro atoms. The van der Waals surface area contributed by atoms with Gasteiger partial charge < -0.3 is 14.6 Å². The Morgan fingerprint density at radius 3 is 2.76 bits per heavy atom. The van der Waals surface area contributed by atoms with Gasteiger partial charge in [0, 0.05) is 25.9 Å². The molecule has 1 atom stereocenters. The molecule has 6 nitrogen and oxygen atoms in total. The van der Waals surface area contributed by atoms with E-state index in [1.54, 1.807) is 19.2 Å². The molecule has 17 heavy (non-hydrogen) atoms. The molecule has 0 saturated carbocycles. The molecule has 1 rings (SSSR count). The van der Waals surface area contributed by atoms with E-state index in [2.05, 4.69) is 10.3 Å². The Bertz CT molecular complexity index is 353. The predicted octanol–water partition coefficient (Wildman–Crippen LogP) is 0.452. The lowest BCUT2D eigenvalue weighted by molar-refractivity contribution is -0.139. The van der Waals surface area contributed by atoms with E-state index in [9.17, 15) is 4.79 Å². The molecular formula is C11H16N2O4. The van der Waals surface area contributed by atoms with Gasteiger partial charge in [0.1, 0.15) is 6.04 Å². The summed E-state index contributed by atoms with van der Waals surface area (Å²) in [6.45, 7) is 0.910. The average molecular weight is 240 g/mol. The summed E-state index contributed by atoms with van der Waals surface area (Å²) >= 11 is 0. The van der Waals surface area contributed by atoms with E-state index in [0.29, 0.717) is 24.6 Å². The third-order valence-electron chi connectivity index (χ3n) is 2.20. The van der Waals surface area contributed by atoms with E-state index in [1.165, 1.54) is 13.3 Å². The van der Waals surface area contributed by atoms with Crippen LogP contribution in [0.2, 0.25) is 0 Å². The van der Waals surface area contributed by atoms with Crippen molar-refractivity contribution in [1.82, 2.24) is 10.3 Å². The molecule has 0 radical (unpaired) electrons. The van der Waals surface area contributed by atoms with Gasteiger partial charge in [-0.3, -0.25) is 10.1 Å². The lowest BCUT2D eigenvalue weighted by Crippen LogP contribution is -2.31. The molecule has 0 saturated heterocycles. The predicted molar refractivity (Wildman–Crippen MR) is 61.0 cm³/mol. The van der Waals surface area contributed by atoms with Gasteiger partial charge in [-0.25, -0.2) is 4.98 Å². The van der Waals surface area contributed by atoms with Gasteiger partial charge in [-0.15, -0.1) is 0 Å². The maximum atomic E-state index is 11.1. The van der Waals surface area contributed by atoms with Crippen LogP contribution in [0.4, 0.5) is 0 Å². The Balaban J connectivity index is 2.71. The maximum Gasteiger partial charge on any atom is 0.325 e. The second-order valence-electron chi connectivity index (χ2n) is 3.35. The standard InChI is InChI=1S/C11H16N2O4/c1-16-6-5-12-10(11(14)15)8-3-4-9(17-2)13-7-8/h3-4,7,10,12H,5-6H2,1-2H3,(H,14,15). The number of hydrogen-bond acceptors (Lipinski definition) is 5. The van der Waals surface area contributed by atoms with E-state index in [4.69, 9.17) is 14.6 Å². The minimum absolute atomic E-state index is 0.452.